The summed E-state index contributed by atoms with van der Waals surface area (Å²) in [6, 6.07) is 22.8. The molecule has 0 fully saturated rings. The SMILES string of the molecule is Cc1cccc(C)c1-c1c2ccccc2c(C=O)c2ccccc12. The third-order valence-electron chi connectivity index (χ3n) is 4.82. The van der Waals surface area contributed by atoms with Crippen LogP contribution in [0.5, 0.6) is 0 Å². The van der Waals surface area contributed by atoms with Gasteiger partial charge >= 0.3 is 0 Å². The minimum Gasteiger partial charge on any atom is -0.298 e. The van der Waals surface area contributed by atoms with E-state index < -0.39 is 0 Å². The third kappa shape index (κ3) is 2.05. The monoisotopic (exact) mass is 310 g/mol. The normalized spacial score (nSPS) is 11.1. The van der Waals surface area contributed by atoms with Gasteiger partial charge < -0.3 is 0 Å². The molecule has 0 saturated heterocycles. The zero-order chi connectivity index (χ0) is 16.7. The van der Waals surface area contributed by atoms with Crippen molar-refractivity contribution in [3.8, 4) is 11.1 Å². The van der Waals surface area contributed by atoms with E-state index in [9.17, 15) is 4.79 Å². The minimum absolute atomic E-state index is 0.774. The van der Waals surface area contributed by atoms with Crippen LogP contribution in [-0.4, -0.2) is 6.29 Å². The van der Waals surface area contributed by atoms with Crippen molar-refractivity contribution in [2.75, 3.05) is 0 Å². The molecule has 0 N–H and O–H groups in total. The van der Waals surface area contributed by atoms with Crippen LogP contribution in [0.4, 0.5) is 0 Å². The van der Waals surface area contributed by atoms with Crippen LogP contribution in [0, 0.1) is 13.8 Å². The van der Waals surface area contributed by atoms with E-state index in [1.807, 2.05) is 36.4 Å². The van der Waals surface area contributed by atoms with Gasteiger partial charge in [0.25, 0.3) is 0 Å². The maximum absolute atomic E-state index is 11.8. The molecule has 24 heavy (non-hydrogen) atoms. The van der Waals surface area contributed by atoms with Gasteiger partial charge in [-0.25, -0.2) is 0 Å². The number of aryl methyl sites for hydroxylation is 2. The summed E-state index contributed by atoms with van der Waals surface area (Å²) < 4.78 is 0. The lowest BCUT2D eigenvalue weighted by molar-refractivity contribution is 0.112. The van der Waals surface area contributed by atoms with Crippen molar-refractivity contribution in [3.05, 3.63) is 83.4 Å². The number of hydrogen-bond acceptors (Lipinski definition) is 1. The van der Waals surface area contributed by atoms with Crippen molar-refractivity contribution in [1.82, 2.24) is 0 Å². The Labute approximate surface area is 141 Å². The zero-order valence-corrected chi connectivity index (χ0v) is 13.8. The molecule has 0 amide bonds. The molecule has 0 aliphatic heterocycles. The number of aldehydes is 1. The van der Waals surface area contributed by atoms with Crippen LogP contribution in [0.3, 0.4) is 0 Å². The Hall–Kier alpha value is -2.93. The molecule has 0 atom stereocenters. The molecule has 0 aromatic heterocycles. The van der Waals surface area contributed by atoms with Gasteiger partial charge in [-0.05, 0) is 57.6 Å². The fourth-order valence-corrected chi connectivity index (χ4v) is 3.77. The molecule has 4 aromatic carbocycles. The molecule has 1 nitrogen and oxygen atoms in total. The number of carbonyl (C=O) groups excluding carboxylic acids is 1. The van der Waals surface area contributed by atoms with Crippen LogP contribution >= 0.6 is 0 Å². The Kier molecular flexibility index (Phi) is 3.42. The Bertz CT molecular complexity index is 1010. The first-order valence-electron chi connectivity index (χ1n) is 8.17. The highest BCUT2D eigenvalue weighted by Gasteiger charge is 2.16. The quantitative estimate of drug-likeness (QED) is 0.323. The van der Waals surface area contributed by atoms with E-state index in [2.05, 4.69) is 44.2 Å². The summed E-state index contributed by atoms with van der Waals surface area (Å²) >= 11 is 0. The maximum atomic E-state index is 11.8. The van der Waals surface area contributed by atoms with Crippen molar-refractivity contribution < 1.29 is 4.79 Å². The summed E-state index contributed by atoms with van der Waals surface area (Å²) in [6.07, 6.45) is 0.985. The van der Waals surface area contributed by atoms with Crippen molar-refractivity contribution in [2.45, 2.75) is 13.8 Å². The lowest BCUT2D eigenvalue weighted by atomic mass is 9.85. The predicted molar refractivity (Wildman–Crippen MR) is 102 cm³/mol. The summed E-state index contributed by atoms with van der Waals surface area (Å²) in [5.41, 5.74) is 5.77. The highest BCUT2D eigenvalue weighted by molar-refractivity contribution is 6.21. The van der Waals surface area contributed by atoms with Gasteiger partial charge in [0.2, 0.25) is 0 Å². The van der Waals surface area contributed by atoms with Crippen LogP contribution in [0.25, 0.3) is 32.7 Å². The Morgan fingerprint density at radius 3 is 1.50 bits per heavy atom. The van der Waals surface area contributed by atoms with Gasteiger partial charge in [-0.2, -0.15) is 0 Å². The van der Waals surface area contributed by atoms with Crippen LogP contribution < -0.4 is 0 Å². The molecule has 0 heterocycles. The molecule has 0 saturated carbocycles. The number of hydrogen-bond donors (Lipinski definition) is 0. The average molecular weight is 310 g/mol. The van der Waals surface area contributed by atoms with Gasteiger partial charge in [-0.15, -0.1) is 0 Å². The van der Waals surface area contributed by atoms with E-state index in [4.69, 9.17) is 0 Å². The molecule has 4 rings (SSSR count). The molecular weight excluding hydrogens is 292 g/mol. The minimum atomic E-state index is 0.774. The zero-order valence-electron chi connectivity index (χ0n) is 13.8. The Balaban J connectivity index is 2.33. The Morgan fingerprint density at radius 2 is 1.04 bits per heavy atom. The molecule has 0 radical (unpaired) electrons. The summed E-state index contributed by atoms with van der Waals surface area (Å²) in [4.78, 5) is 11.8. The summed E-state index contributed by atoms with van der Waals surface area (Å²) in [5, 5.41) is 4.30. The van der Waals surface area contributed by atoms with Crippen molar-refractivity contribution >= 4 is 27.8 Å². The molecule has 0 aliphatic rings. The van der Waals surface area contributed by atoms with Gasteiger partial charge in [-0.3, -0.25) is 4.79 Å². The Morgan fingerprint density at radius 1 is 0.583 bits per heavy atom. The van der Waals surface area contributed by atoms with Crippen molar-refractivity contribution in [2.24, 2.45) is 0 Å². The molecule has 4 aromatic rings. The van der Waals surface area contributed by atoms with E-state index in [-0.39, 0.29) is 0 Å². The van der Waals surface area contributed by atoms with Gasteiger partial charge in [0.15, 0.2) is 6.29 Å². The third-order valence-corrected chi connectivity index (χ3v) is 4.82. The van der Waals surface area contributed by atoms with E-state index in [1.165, 1.54) is 22.3 Å². The lowest BCUT2D eigenvalue weighted by Gasteiger charge is -2.18. The molecule has 1 heteroatoms. The molecule has 0 aliphatic carbocycles. The number of benzene rings is 4. The maximum Gasteiger partial charge on any atom is 0.151 e. The summed E-state index contributed by atoms with van der Waals surface area (Å²) in [5.74, 6) is 0. The lowest BCUT2D eigenvalue weighted by Crippen LogP contribution is -1.95. The largest absolute Gasteiger partial charge is 0.298 e. The first-order chi connectivity index (χ1) is 11.7. The number of fused-ring (bicyclic) bond motifs is 2. The topological polar surface area (TPSA) is 17.1 Å². The first kappa shape index (κ1) is 14.6. The standard InChI is InChI=1S/C23H18O/c1-15-8-7-9-16(2)22(15)23-19-12-5-3-10-17(19)21(14-24)18-11-4-6-13-20(18)23/h3-14H,1-2H3. The van der Waals surface area contributed by atoms with E-state index in [0.717, 1.165) is 33.4 Å². The highest BCUT2D eigenvalue weighted by atomic mass is 16.1. The highest BCUT2D eigenvalue weighted by Crippen LogP contribution is 2.41. The van der Waals surface area contributed by atoms with Gasteiger partial charge in [-0.1, -0.05) is 66.7 Å². The first-order valence-corrected chi connectivity index (χ1v) is 8.17. The average Bonchev–Trinajstić information content (AvgIpc) is 2.61. The van der Waals surface area contributed by atoms with Crippen molar-refractivity contribution in [3.63, 3.8) is 0 Å². The van der Waals surface area contributed by atoms with Gasteiger partial charge in [0.1, 0.15) is 0 Å². The molecule has 0 bridgehead atoms. The van der Waals surface area contributed by atoms with Gasteiger partial charge in [0.05, 0.1) is 0 Å². The van der Waals surface area contributed by atoms with Crippen LogP contribution in [-0.2, 0) is 0 Å². The van der Waals surface area contributed by atoms with Gasteiger partial charge in [0, 0.05) is 5.56 Å². The second kappa shape index (κ2) is 5.61. The van der Waals surface area contributed by atoms with E-state index >= 15 is 0 Å². The van der Waals surface area contributed by atoms with Crippen LogP contribution in [0.2, 0.25) is 0 Å². The van der Waals surface area contributed by atoms with Crippen molar-refractivity contribution in [1.29, 1.82) is 0 Å². The van der Waals surface area contributed by atoms with Crippen LogP contribution in [0.15, 0.2) is 66.7 Å². The second-order valence-corrected chi connectivity index (χ2v) is 6.26. The summed E-state index contributed by atoms with van der Waals surface area (Å²) in [6.45, 7) is 4.30. The number of rotatable bonds is 2. The fraction of sp³-hybridized carbons (Fsp3) is 0.0870. The van der Waals surface area contributed by atoms with Crippen LogP contribution in [0.1, 0.15) is 21.5 Å². The number of carbonyl (C=O) groups is 1. The molecule has 0 spiro atoms. The fourth-order valence-electron chi connectivity index (χ4n) is 3.77. The smallest absolute Gasteiger partial charge is 0.151 e. The molecule has 0 unspecified atom stereocenters. The summed E-state index contributed by atoms with van der Waals surface area (Å²) in [7, 11) is 0. The van der Waals surface area contributed by atoms with E-state index in [1.54, 1.807) is 0 Å². The second-order valence-electron chi connectivity index (χ2n) is 6.26. The predicted octanol–water partition coefficient (Wildman–Crippen LogP) is 6.09. The van der Waals surface area contributed by atoms with E-state index in [0.29, 0.717) is 0 Å². The molecule has 116 valence electrons. The molecular formula is C23H18O.